The number of aliphatic hydroxyl groups is 1. The third-order valence-electron chi connectivity index (χ3n) is 5.38. The van der Waals surface area contributed by atoms with Gasteiger partial charge in [0.05, 0.1) is 5.60 Å². The van der Waals surface area contributed by atoms with Crippen LogP contribution in [0.25, 0.3) is 0 Å². The maximum Gasteiger partial charge on any atom is 0.0791 e. The molecule has 0 radical (unpaired) electrons. The van der Waals surface area contributed by atoms with Gasteiger partial charge in [-0.25, -0.2) is 0 Å². The van der Waals surface area contributed by atoms with Gasteiger partial charge in [-0.3, -0.25) is 0 Å². The molecule has 0 heterocycles. The monoisotopic (exact) mass is 208 g/mol. The Balaban J connectivity index is 2.40. The molecule has 2 fully saturated rings. The van der Waals surface area contributed by atoms with Crippen molar-refractivity contribution in [1.29, 1.82) is 0 Å². The Morgan fingerprint density at radius 2 is 2.00 bits per heavy atom. The zero-order chi connectivity index (χ0) is 11.5. The van der Waals surface area contributed by atoms with Gasteiger partial charge >= 0.3 is 0 Å². The minimum absolute atomic E-state index is 0.0545. The molecular formula is C14H24O. The predicted molar refractivity (Wildman–Crippen MR) is 63.6 cm³/mol. The fraction of sp³-hybridized carbons (Fsp3) is 0.857. The lowest BCUT2D eigenvalue weighted by atomic mass is 9.58. The van der Waals surface area contributed by atoms with Gasteiger partial charge in [0.1, 0.15) is 0 Å². The highest BCUT2D eigenvalue weighted by Gasteiger charge is 2.67. The highest BCUT2D eigenvalue weighted by molar-refractivity contribution is 5.21. The summed E-state index contributed by atoms with van der Waals surface area (Å²) in [5.41, 5.74) is 0.757. The molecule has 0 aromatic heterocycles. The maximum absolute atomic E-state index is 11.1. The maximum atomic E-state index is 11.1. The fourth-order valence-electron chi connectivity index (χ4n) is 4.23. The normalized spacial score (nSPS) is 47.1. The van der Waals surface area contributed by atoms with E-state index in [1.807, 2.05) is 6.92 Å². The number of fused-ring (bicyclic) bond motifs is 2. The van der Waals surface area contributed by atoms with Gasteiger partial charge in [0.25, 0.3) is 0 Å². The van der Waals surface area contributed by atoms with Gasteiger partial charge in [0.15, 0.2) is 0 Å². The molecule has 1 heteroatoms. The van der Waals surface area contributed by atoms with Crippen molar-refractivity contribution in [2.45, 2.75) is 59.0 Å². The molecule has 0 spiro atoms. The first kappa shape index (κ1) is 11.2. The van der Waals surface area contributed by atoms with Crippen LogP contribution in [-0.4, -0.2) is 10.7 Å². The minimum Gasteiger partial charge on any atom is -0.388 e. The molecule has 0 unspecified atom stereocenters. The van der Waals surface area contributed by atoms with E-state index in [2.05, 4.69) is 27.4 Å². The van der Waals surface area contributed by atoms with E-state index in [1.54, 1.807) is 0 Å². The van der Waals surface area contributed by atoms with Gasteiger partial charge in [0.2, 0.25) is 0 Å². The summed E-state index contributed by atoms with van der Waals surface area (Å²) in [6.45, 7) is 12.8. The zero-order valence-electron chi connectivity index (χ0n) is 10.6. The Labute approximate surface area is 93.6 Å². The van der Waals surface area contributed by atoms with Crippen molar-refractivity contribution in [3.8, 4) is 0 Å². The van der Waals surface area contributed by atoms with Crippen LogP contribution in [0.4, 0.5) is 0 Å². The van der Waals surface area contributed by atoms with E-state index in [0.717, 1.165) is 12.0 Å². The molecule has 2 aliphatic carbocycles. The number of rotatable bonds is 2. The van der Waals surface area contributed by atoms with E-state index in [-0.39, 0.29) is 10.8 Å². The molecule has 2 aliphatic rings. The zero-order valence-corrected chi connectivity index (χ0v) is 10.6. The SMILES string of the molecule is C=C(C)C[C@@]1(O)C(C)(C)[C@H]2CC[C@]1(C)C2. The van der Waals surface area contributed by atoms with Crippen LogP contribution in [0, 0.1) is 16.7 Å². The first-order valence-electron chi connectivity index (χ1n) is 6.10. The molecular weight excluding hydrogens is 184 g/mol. The van der Waals surface area contributed by atoms with Crippen LogP contribution in [0.5, 0.6) is 0 Å². The highest BCUT2D eigenvalue weighted by atomic mass is 16.3. The second-order valence-electron chi connectivity index (χ2n) is 6.72. The van der Waals surface area contributed by atoms with Crippen molar-refractivity contribution >= 4 is 0 Å². The summed E-state index contributed by atoms with van der Waals surface area (Å²) in [7, 11) is 0. The summed E-state index contributed by atoms with van der Waals surface area (Å²) in [6, 6.07) is 0. The molecule has 0 amide bonds. The molecule has 2 saturated carbocycles. The lowest BCUT2D eigenvalue weighted by Gasteiger charge is -2.51. The predicted octanol–water partition coefficient (Wildman–Crippen LogP) is 3.53. The molecule has 3 atom stereocenters. The van der Waals surface area contributed by atoms with E-state index in [0.29, 0.717) is 5.92 Å². The van der Waals surface area contributed by atoms with Gasteiger partial charge in [-0.2, -0.15) is 0 Å². The van der Waals surface area contributed by atoms with Gasteiger partial charge in [-0.05, 0) is 49.4 Å². The van der Waals surface area contributed by atoms with Crippen molar-refractivity contribution < 1.29 is 5.11 Å². The van der Waals surface area contributed by atoms with Crippen LogP contribution in [0.2, 0.25) is 0 Å². The summed E-state index contributed by atoms with van der Waals surface area (Å²) < 4.78 is 0. The molecule has 15 heavy (non-hydrogen) atoms. The first-order valence-corrected chi connectivity index (χ1v) is 6.10. The van der Waals surface area contributed by atoms with Gasteiger partial charge in [0, 0.05) is 0 Å². The quantitative estimate of drug-likeness (QED) is 0.688. The molecule has 2 rings (SSSR count). The lowest BCUT2D eigenvalue weighted by molar-refractivity contribution is -0.141. The summed E-state index contributed by atoms with van der Waals surface area (Å²) in [5.74, 6) is 0.701. The number of hydrogen-bond acceptors (Lipinski definition) is 1. The van der Waals surface area contributed by atoms with Crippen molar-refractivity contribution in [1.82, 2.24) is 0 Å². The van der Waals surface area contributed by atoms with Crippen LogP contribution in [0.1, 0.15) is 53.4 Å². The van der Waals surface area contributed by atoms with Crippen LogP contribution in [-0.2, 0) is 0 Å². The average Bonchev–Trinajstić information content (AvgIpc) is 2.51. The van der Waals surface area contributed by atoms with Gasteiger partial charge in [-0.15, -0.1) is 6.58 Å². The second-order valence-corrected chi connectivity index (χ2v) is 6.72. The van der Waals surface area contributed by atoms with Gasteiger partial charge < -0.3 is 5.11 Å². The highest BCUT2D eigenvalue weighted by Crippen LogP contribution is 2.69. The van der Waals surface area contributed by atoms with Crippen LogP contribution in [0.3, 0.4) is 0 Å². The Kier molecular flexibility index (Phi) is 2.15. The molecule has 0 aromatic rings. The van der Waals surface area contributed by atoms with E-state index in [4.69, 9.17) is 0 Å². The second kappa shape index (κ2) is 2.88. The smallest absolute Gasteiger partial charge is 0.0791 e. The molecule has 2 bridgehead atoms. The van der Waals surface area contributed by atoms with E-state index < -0.39 is 5.60 Å². The average molecular weight is 208 g/mol. The summed E-state index contributed by atoms with van der Waals surface area (Å²) in [5, 5.41) is 11.1. The molecule has 86 valence electrons. The number of hydrogen-bond donors (Lipinski definition) is 1. The van der Waals surface area contributed by atoms with Crippen molar-refractivity contribution in [2.24, 2.45) is 16.7 Å². The molecule has 1 nitrogen and oxygen atoms in total. The van der Waals surface area contributed by atoms with E-state index >= 15 is 0 Å². The van der Waals surface area contributed by atoms with Gasteiger partial charge in [-0.1, -0.05) is 26.3 Å². The minimum atomic E-state index is -0.533. The molecule has 1 N–H and O–H groups in total. The summed E-state index contributed by atoms with van der Waals surface area (Å²) in [4.78, 5) is 0. The topological polar surface area (TPSA) is 20.2 Å². The third kappa shape index (κ3) is 1.19. The first-order chi connectivity index (χ1) is 6.73. The summed E-state index contributed by atoms with van der Waals surface area (Å²) in [6.07, 6.45) is 4.45. The van der Waals surface area contributed by atoms with Crippen molar-refractivity contribution in [3.05, 3.63) is 12.2 Å². The fourth-order valence-corrected chi connectivity index (χ4v) is 4.23. The molecule has 0 saturated heterocycles. The molecule has 0 aliphatic heterocycles. The standard InChI is InChI=1S/C14H24O/c1-10(2)8-14(15)12(3,4)11-6-7-13(14,5)9-11/h11,15H,1,6-9H2,2-5H3/t11-,13+,14+/m0/s1. The largest absolute Gasteiger partial charge is 0.388 e. The Hall–Kier alpha value is -0.300. The summed E-state index contributed by atoms with van der Waals surface area (Å²) >= 11 is 0. The lowest BCUT2D eigenvalue weighted by Crippen LogP contribution is -2.54. The van der Waals surface area contributed by atoms with Crippen LogP contribution in [0.15, 0.2) is 12.2 Å². The Bertz CT molecular complexity index is 298. The van der Waals surface area contributed by atoms with Crippen LogP contribution >= 0.6 is 0 Å². The van der Waals surface area contributed by atoms with E-state index in [1.165, 1.54) is 19.3 Å². The Morgan fingerprint density at radius 3 is 2.40 bits per heavy atom. The third-order valence-corrected chi connectivity index (χ3v) is 5.38. The Morgan fingerprint density at radius 1 is 1.40 bits per heavy atom. The molecule has 0 aromatic carbocycles. The van der Waals surface area contributed by atoms with Crippen LogP contribution < -0.4 is 0 Å². The van der Waals surface area contributed by atoms with Crippen molar-refractivity contribution in [3.63, 3.8) is 0 Å². The van der Waals surface area contributed by atoms with E-state index in [9.17, 15) is 5.11 Å². The van der Waals surface area contributed by atoms with Crippen molar-refractivity contribution in [2.75, 3.05) is 0 Å².